The molecule has 0 saturated carbocycles. The van der Waals surface area contributed by atoms with Gasteiger partial charge in [0, 0.05) is 18.4 Å². The molecular formula is C18H17F2N3OS. The number of aryl methyl sites for hydroxylation is 1. The molecular weight excluding hydrogens is 344 g/mol. The molecule has 0 N–H and O–H groups in total. The monoisotopic (exact) mass is 361 g/mol. The Labute approximate surface area is 148 Å². The van der Waals surface area contributed by atoms with E-state index in [9.17, 15) is 8.78 Å². The maximum absolute atomic E-state index is 12.2. The van der Waals surface area contributed by atoms with Crippen LogP contribution in [-0.4, -0.2) is 21.4 Å². The summed E-state index contributed by atoms with van der Waals surface area (Å²) in [6.45, 7) is -0.763. The van der Waals surface area contributed by atoms with Gasteiger partial charge in [0.05, 0.1) is 0 Å². The zero-order valence-corrected chi connectivity index (χ0v) is 14.6. The standard InChI is InChI=1S/C18H17F2N3OS/c1-12-4-3-5-13(10-12)11-25-18-22-21-16(23(18)2)14-6-8-15(9-7-14)24-17(19)20/h3-10,17H,11H2,1-2H3. The van der Waals surface area contributed by atoms with Gasteiger partial charge in [-0.25, -0.2) is 0 Å². The van der Waals surface area contributed by atoms with Gasteiger partial charge in [-0.3, -0.25) is 0 Å². The Morgan fingerprint density at radius 2 is 1.88 bits per heavy atom. The van der Waals surface area contributed by atoms with Crippen LogP contribution in [0.1, 0.15) is 11.1 Å². The Bertz CT molecular complexity index is 850. The van der Waals surface area contributed by atoms with Crippen molar-refractivity contribution in [3.63, 3.8) is 0 Å². The molecule has 0 radical (unpaired) electrons. The van der Waals surface area contributed by atoms with Crippen molar-refractivity contribution in [3.05, 3.63) is 59.7 Å². The van der Waals surface area contributed by atoms with E-state index in [2.05, 4.69) is 40.1 Å². The van der Waals surface area contributed by atoms with Crippen molar-refractivity contribution in [1.82, 2.24) is 14.8 Å². The highest BCUT2D eigenvalue weighted by Gasteiger charge is 2.12. The maximum Gasteiger partial charge on any atom is 0.387 e. The van der Waals surface area contributed by atoms with E-state index in [0.717, 1.165) is 16.5 Å². The van der Waals surface area contributed by atoms with E-state index < -0.39 is 6.61 Å². The fourth-order valence-electron chi connectivity index (χ4n) is 2.43. The van der Waals surface area contributed by atoms with Crippen molar-refractivity contribution in [3.8, 4) is 17.1 Å². The predicted molar refractivity (Wildman–Crippen MR) is 93.8 cm³/mol. The second-order valence-electron chi connectivity index (χ2n) is 5.55. The number of rotatable bonds is 6. The summed E-state index contributed by atoms with van der Waals surface area (Å²) in [7, 11) is 1.89. The van der Waals surface area contributed by atoms with E-state index in [-0.39, 0.29) is 5.75 Å². The molecule has 1 heterocycles. The second-order valence-corrected chi connectivity index (χ2v) is 6.49. The van der Waals surface area contributed by atoms with Crippen LogP contribution in [0.2, 0.25) is 0 Å². The molecule has 3 aromatic rings. The number of ether oxygens (including phenoxy) is 1. The predicted octanol–water partition coefficient (Wildman–Crippen LogP) is 4.68. The zero-order chi connectivity index (χ0) is 17.8. The molecule has 1 aromatic heterocycles. The molecule has 0 bridgehead atoms. The van der Waals surface area contributed by atoms with Crippen LogP contribution in [0, 0.1) is 6.92 Å². The largest absolute Gasteiger partial charge is 0.435 e. The molecule has 0 spiro atoms. The average Bonchev–Trinajstić information content (AvgIpc) is 2.94. The van der Waals surface area contributed by atoms with Crippen molar-refractivity contribution < 1.29 is 13.5 Å². The summed E-state index contributed by atoms with van der Waals surface area (Å²) in [5.41, 5.74) is 3.24. The SMILES string of the molecule is Cc1cccc(CSc2nnc(-c3ccc(OC(F)F)cc3)n2C)c1. The quantitative estimate of drug-likeness (QED) is 0.598. The summed E-state index contributed by atoms with van der Waals surface area (Å²) in [6.07, 6.45) is 0. The number of halogens is 2. The molecule has 0 aliphatic carbocycles. The second kappa shape index (κ2) is 7.65. The van der Waals surface area contributed by atoms with Gasteiger partial charge in [-0.1, -0.05) is 41.6 Å². The summed E-state index contributed by atoms with van der Waals surface area (Å²) >= 11 is 1.60. The van der Waals surface area contributed by atoms with Gasteiger partial charge in [-0.15, -0.1) is 10.2 Å². The Morgan fingerprint density at radius 3 is 2.56 bits per heavy atom. The topological polar surface area (TPSA) is 39.9 Å². The first kappa shape index (κ1) is 17.4. The third-order valence-electron chi connectivity index (χ3n) is 3.62. The normalized spacial score (nSPS) is 11.1. The first-order chi connectivity index (χ1) is 12.0. The number of benzene rings is 2. The molecule has 0 unspecified atom stereocenters. The smallest absolute Gasteiger partial charge is 0.387 e. The summed E-state index contributed by atoms with van der Waals surface area (Å²) < 4.78 is 30.7. The van der Waals surface area contributed by atoms with Gasteiger partial charge in [-0.2, -0.15) is 8.78 Å². The van der Waals surface area contributed by atoms with Crippen molar-refractivity contribution in [1.29, 1.82) is 0 Å². The molecule has 0 amide bonds. The van der Waals surface area contributed by atoms with E-state index in [0.29, 0.717) is 5.82 Å². The molecule has 2 aromatic carbocycles. The van der Waals surface area contributed by atoms with Crippen molar-refractivity contribution >= 4 is 11.8 Å². The minimum atomic E-state index is -2.83. The van der Waals surface area contributed by atoms with Crippen LogP contribution in [0.15, 0.2) is 53.7 Å². The van der Waals surface area contributed by atoms with Gasteiger partial charge in [0.1, 0.15) is 5.75 Å². The van der Waals surface area contributed by atoms with Gasteiger partial charge in [0.25, 0.3) is 0 Å². The summed E-state index contributed by atoms with van der Waals surface area (Å²) in [5, 5.41) is 9.23. The summed E-state index contributed by atoms with van der Waals surface area (Å²) in [4.78, 5) is 0. The minimum absolute atomic E-state index is 0.120. The van der Waals surface area contributed by atoms with Crippen LogP contribution in [-0.2, 0) is 12.8 Å². The minimum Gasteiger partial charge on any atom is -0.435 e. The zero-order valence-electron chi connectivity index (χ0n) is 13.8. The molecule has 0 fully saturated rings. The van der Waals surface area contributed by atoms with Crippen LogP contribution in [0.4, 0.5) is 8.78 Å². The summed E-state index contributed by atoms with van der Waals surface area (Å²) in [6, 6.07) is 14.7. The van der Waals surface area contributed by atoms with Crippen LogP contribution in [0.5, 0.6) is 5.75 Å². The lowest BCUT2D eigenvalue weighted by molar-refractivity contribution is -0.0498. The Balaban J connectivity index is 1.72. The molecule has 0 aliphatic heterocycles. The van der Waals surface area contributed by atoms with E-state index in [4.69, 9.17) is 0 Å². The number of hydrogen-bond donors (Lipinski definition) is 0. The highest BCUT2D eigenvalue weighted by Crippen LogP contribution is 2.27. The number of nitrogens with zero attached hydrogens (tertiary/aromatic N) is 3. The van der Waals surface area contributed by atoms with Crippen LogP contribution < -0.4 is 4.74 Å². The van der Waals surface area contributed by atoms with E-state index in [1.807, 2.05) is 17.7 Å². The van der Waals surface area contributed by atoms with Crippen molar-refractivity contribution in [2.75, 3.05) is 0 Å². The van der Waals surface area contributed by atoms with Gasteiger partial charge in [0.2, 0.25) is 0 Å². The van der Waals surface area contributed by atoms with Crippen LogP contribution >= 0.6 is 11.8 Å². The fraction of sp³-hybridized carbons (Fsp3) is 0.222. The molecule has 0 atom stereocenters. The lowest BCUT2D eigenvalue weighted by Gasteiger charge is -2.06. The van der Waals surface area contributed by atoms with Crippen molar-refractivity contribution in [2.45, 2.75) is 24.4 Å². The van der Waals surface area contributed by atoms with E-state index >= 15 is 0 Å². The molecule has 130 valence electrons. The molecule has 7 heteroatoms. The van der Waals surface area contributed by atoms with E-state index in [1.165, 1.54) is 23.3 Å². The van der Waals surface area contributed by atoms with Crippen molar-refractivity contribution in [2.24, 2.45) is 7.05 Å². The third kappa shape index (κ3) is 4.36. The highest BCUT2D eigenvalue weighted by molar-refractivity contribution is 7.98. The number of hydrogen-bond acceptors (Lipinski definition) is 4. The average molecular weight is 361 g/mol. The number of thioether (sulfide) groups is 1. The van der Waals surface area contributed by atoms with Gasteiger partial charge >= 0.3 is 6.61 Å². The Kier molecular flexibility index (Phi) is 5.33. The summed E-state index contributed by atoms with van der Waals surface area (Å²) in [5.74, 6) is 1.60. The lowest BCUT2D eigenvalue weighted by Crippen LogP contribution is -2.01. The third-order valence-corrected chi connectivity index (χ3v) is 4.71. The molecule has 25 heavy (non-hydrogen) atoms. The maximum atomic E-state index is 12.2. The van der Waals surface area contributed by atoms with Gasteiger partial charge in [-0.05, 0) is 36.8 Å². The van der Waals surface area contributed by atoms with Gasteiger partial charge < -0.3 is 9.30 Å². The van der Waals surface area contributed by atoms with Crippen LogP contribution in [0.3, 0.4) is 0 Å². The highest BCUT2D eigenvalue weighted by atomic mass is 32.2. The number of alkyl halides is 2. The first-order valence-electron chi connectivity index (χ1n) is 7.66. The molecule has 0 saturated heterocycles. The number of aromatic nitrogens is 3. The first-order valence-corrected chi connectivity index (χ1v) is 8.64. The Morgan fingerprint density at radius 1 is 1.12 bits per heavy atom. The fourth-order valence-corrected chi connectivity index (χ4v) is 3.28. The Hall–Kier alpha value is -2.41. The molecule has 3 rings (SSSR count). The lowest BCUT2D eigenvalue weighted by atomic mass is 10.2. The molecule has 0 aliphatic rings. The van der Waals surface area contributed by atoms with E-state index in [1.54, 1.807) is 23.9 Å². The van der Waals surface area contributed by atoms with Crippen LogP contribution in [0.25, 0.3) is 11.4 Å². The molecule has 4 nitrogen and oxygen atoms in total. The van der Waals surface area contributed by atoms with Gasteiger partial charge in [0.15, 0.2) is 11.0 Å².